The van der Waals surface area contributed by atoms with E-state index in [9.17, 15) is 57.0 Å². The summed E-state index contributed by atoms with van der Waals surface area (Å²) in [6, 6.07) is 9.94. The lowest BCUT2D eigenvalue weighted by Crippen LogP contribution is -2.04. The van der Waals surface area contributed by atoms with E-state index in [0.29, 0.717) is 0 Å². The molecule has 0 aromatic heterocycles. The molecule has 0 atom stereocenters. The number of hydrogen-bond acceptors (Lipinski definition) is 5. The highest BCUT2D eigenvalue weighted by Crippen LogP contribution is 2.54. The molecular weight excluding hydrogens is 570 g/mol. The van der Waals surface area contributed by atoms with Gasteiger partial charge in [0.25, 0.3) is 0 Å². The second kappa shape index (κ2) is 9.45. The summed E-state index contributed by atoms with van der Waals surface area (Å²) in [5, 5.41) is 47.9. The minimum atomic E-state index is -2.31. The van der Waals surface area contributed by atoms with Crippen molar-refractivity contribution in [2.75, 3.05) is 0 Å². The van der Waals surface area contributed by atoms with Crippen molar-refractivity contribution < 1.29 is 35.1 Å². The van der Waals surface area contributed by atoms with Gasteiger partial charge < -0.3 is 0 Å². The largest absolute Gasteiger partial charge is 0.203 e. The van der Waals surface area contributed by atoms with Crippen LogP contribution in [0, 0.1) is 103 Å². The molecule has 0 aliphatic heterocycles. The van der Waals surface area contributed by atoms with Crippen LogP contribution in [0.3, 0.4) is 0 Å². The van der Waals surface area contributed by atoms with Gasteiger partial charge in [-0.05, 0) is 22.8 Å². The summed E-state index contributed by atoms with van der Waals surface area (Å²) in [7, 11) is 0. The number of allylic oxidation sites excluding steroid dienone is 5. The van der Waals surface area contributed by atoms with Gasteiger partial charge in [0.15, 0.2) is 46.5 Å². The van der Waals surface area contributed by atoms with Crippen LogP contribution < -0.4 is 0 Å². The van der Waals surface area contributed by atoms with Gasteiger partial charge in [0, 0.05) is 39.0 Å². The summed E-state index contributed by atoms with van der Waals surface area (Å²) in [4.78, 5) is 0. The van der Waals surface area contributed by atoms with Crippen molar-refractivity contribution in [3.05, 3.63) is 104 Å². The van der Waals surface area contributed by atoms with E-state index in [1.165, 1.54) is 30.3 Å². The van der Waals surface area contributed by atoms with Gasteiger partial charge in [0.2, 0.25) is 0 Å². The first-order chi connectivity index (χ1) is 20.0. The minimum Gasteiger partial charge on any atom is -0.203 e. The van der Waals surface area contributed by atoms with Crippen molar-refractivity contribution >= 4 is 22.3 Å². The lowest BCUT2D eigenvalue weighted by atomic mass is 9.89. The first-order valence-electron chi connectivity index (χ1n) is 11.1. The Labute approximate surface area is 229 Å². The maximum Gasteiger partial charge on any atom is 0.198 e. The molecule has 5 nitrogen and oxygen atoms in total. The average molecular weight is 573 g/mol. The molecule has 13 heteroatoms. The number of nitriles is 5. The summed E-state index contributed by atoms with van der Waals surface area (Å²) >= 11 is 0. The van der Waals surface area contributed by atoms with Gasteiger partial charge in [0.1, 0.15) is 41.5 Å². The van der Waals surface area contributed by atoms with Gasteiger partial charge in [-0.3, -0.25) is 0 Å². The lowest BCUT2D eigenvalue weighted by Gasteiger charge is -2.12. The maximum absolute atomic E-state index is 15.0. The van der Waals surface area contributed by atoms with E-state index in [-0.39, 0.29) is 11.1 Å². The number of fused-ring (bicyclic) bond motifs is 4. The topological polar surface area (TPSA) is 119 Å². The van der Waals surface area contributed by atoms with Crippen molar-refractivity contribution in [1.82, 2.24) is 0 Å². The van der Waals surface area contributed by atoms with Crippen LogP contribution >= 0.6 is 0 Å². The fourth-order valence-electron chi connectivity index (χ4n) is 5.04. The molecule has 0 spiro atoms. The van der Waals surface area contributed by atoms with Crippen LogP contribution in [0.2, 0.25) is 0 Å². The minimum absolute atomic E-state index is 0.360. The van der Waals surface area contributed by atoms with Gasteiger partial charge in [-0.25, -0.2) is 35.1 Å². The molecule has 200 valence electrons. The van der Waals surface area contributed by atoms with E-state index in [0.717, 1.165) is 18.2 Å². The molecule has 0 bridgehead atoms. The van der Waals surface area contributed by atoms with Gasteiger partial charge >= 0.3 is 0 Å². The highest BCUT2D eigenvalue weighted by Gasteiger charge is 2.41. The molecule has 0 fully saturated rings. The monoisotopic (exact) mass is 573 g/mol. The average Bonchev–Trinajstić information content (AvgIpc) is 3.51. The van der Waals surface area contributed by atoms with Crippen LogP contribution in [0.15, 0.2) is 29.3 Å². The van der Waals surface area contributed by atoms with Crippen molar-refractivity contribution in [3.8, 4) is 41.5 Å². The molecule has 2 aliphatic carbocycles. The van der Waals surface area contributed by atoms with Crippen LogP contribution in [0.1, 0.15) is 27.8 Å². The maximum atomic E-state index is 15.0. The van der Waals surface area contributed by atoms with E-state index < -0.39 is 108 Å². The van der Waals surface area contributed by atoms with Crippen LogP contribution in [-0.4, -0.2) is 0 Å². The Balaban J connectivity index is 1.96. The molecule has 0 amide bonds. The smallest absolute Gasteiger partial charge is 0.198 e. The normalized spacial score (nSPS) is 12.5. The Morgan fingerprint density at radius 2 is 0.905 bits per heavy atom. The van der Waals surface area contributed by atoms with E-state index in [1.807, 2.05) is 0 Å². The number of halogens is 8. The molecule has 3 aromatic rings. The van der Waals surface area contributed by atoms with Gasteiger partial charge in [-0.2, -0.15) is 26.3 Å². The summed E-state index contributed by atoms with van der Waals surface area (Å²) in [5.41, 5.74) is -10.2. The molecule has 0 radical (unpaired) electrons. The number of rotatable bonds is 1. The zero-order valence-electron chi connectivity index (χ0n) is 20.0. The third-order valence-corrected chi connectivity index (χ3v) is 6.69. The van der Waals surface area contributed by atoms with Crippen LogP contribution in [0.25, 0.3) is 33.4 Å². The lowest BCUT2D eigenvalue weighted by molar-refractivity contribution is 0.407. The first-order valence-corrected chi connectivity index (χ1v) is 11.1. The van der Waals surface area contributed by atoms with E-state index >= 15 is 4.39 Å². The van der Waals surface area contributed by atoms with Gasteiger partial charge in [0.05, 0.1) is 5.57 Å². The Hall–Kier alpha value is -6.23. The molecule has 0 saturated carbocycles. The summed E-state index contributed by atoms with van der Waals surface area (Å²) in [6.45, 7) is 0. The van der Waals surface area contributed by atoms with Crippen molar-refractivity contribution in [2.24, 2.45) is 0 Å². The summed E-state index contributed by atoms with van der Waals surface area (Å²) in [5.74, 6) is -16.9. The molecule has 0 N–H and O–H groups in total. The third-order valence-electron chi connectivity index (χ3n) is 6.69. The molecule has 42 heavy (non-hydrogen) atoms. The number of hydrogen-bond donors (Lipinski definition) is 0. The van der Waals surface area contributed by atoms with Gasteiger partial charge in [-0.1, -0.05) is 12.1 Å². The highest BCUT2D eigenvalue weighted by atomic mass is 19.2. The standard InChI is InChI=1S/C29H3F8N5/c30-22-18-12-2-1-9(3-13(12)16(10(4-38)5-39)20(18)24(32)28(36)26(22)34)15-14(8-42)19-21(17(15)11(6-40)7-41)25(33)29(37)27(35)23(19)31/h1-3H. The Morgan fingerprint density at radius 3 is 1.38 bits per heavy atom. The molecule has 2 aliphatic rings. The fraction of sp³-hybridized carbons (Fsp3) is 0. The van der Waals surface area contributed by atoms with E-state index in [2.05, 4.69) is 0 Å². The molecule has 5 rings (SSSR count). The molecular formula is C29H3F8N5. The zero-order chi connectivity index (χ0) is 30.8. The SMILES string of the molecule is N#CC(C#N)=C1C(c2ccc3c(c2)C(=C(C#N)C#N)c2c(F)c(F)c(F)c(F)c2-3)=C(C#N)c2c(F)c(F)c(F)c(F)c21. The predicted octanol–water partition coefficient (Wildman–Crippen LogP) is 6.88. The molecule has 0 saturated heterocycles. The first kappa shape index (κ1) is 27.3. The van der Waals surface area contributed by atoms with Crippen LogP contribution in [-0.2, 0) is 0 Å². The van der Waals surface area contributed by atoms with E-state index in [1.54, 1.807) is 0 Å². The molecule has 0 heterocycles. The number of benzene rings is 3. The Morgan fingerprint density at radius 1 is 0.476 bits per heavy atom. The third kappa shape index (κ3) is 3.30. The van der Waals surface area contributed by atoms with Crippen LogP contribution in [0.4, 0.5) is 35.1 Å². The Bertz CT molecular complexity index is 2140. The Kier molecular flexibility index (Phi) is 6.15. The molecule has 0 unspecified atom stereocenters. The highest BCUT2D eigenvalue weighted by molar-refractivity contribution is 6.26. The van der Waals surface area contributed by atoms with Crippen molar-refractivity contribution in [1.29, 1.82) is 26.3 Å². The second-order valence-corrected chi connectivity index (χ2v) is 8.58. The quantitative estimate of drug-likeness (QED) is 0.106. The predicted molar refractivity (Wildman–Crippen MR) is 126 cm³/mol. The second-order valence-electron chi connectivity index (χ2n) is 8.58. The molecule has 3 aromatic carbocycles. The van der Waals surface area contributed by atoms with E-state index in [4.69, 9.17) is 0 Å². The zero-order valence-corrected chi connectivity index (χ0v) is 20.0. The fourth-order valence-corrected chi connectivity index (χ4v) is 5.04. The summed E-state index contributed by atoms with van der Waals surface area (Å²) in [6.07, 6.45) is 0. The number of nitrogens with zero attached hydrogens (tertiary/aromatic N) is 5. The van der Waals surface area contributed by atoms with Crippen LogP contribution in [0.5, 0.6) is 0 Å². The van der Waals surface area contributed by atoms with Crippen molar-refractivity contribution in [2.45, 2.75) is 0 Å². The summed E-state index contributed by atoms with van der Waals surface area (Å²) < 4.78 is 117. The van der Waals surface area contributed by atoms with Crippen molar-refractivity contribution in [3.63, 3.8) is 0 Å². The van der Waals surface area contributed by atoms with Gasteiger partial charge in [-0.15, -0.1) is 0 Å².